The van der Waals surface area contributed by atoms with Crippen molar-refractivity contribution >= 4 is 16.9 Å². The SMILES string of the molecule is Cc1c(C)n(Cc2ccn(C)n2)c2ncnc(N)c12. The largest absolute Gasteiger partial charge is 0.383 e. The highest BCUT2D eigenvalue weighted by Gasteiger charge is 2.15. The second-order valence-electron chi connectivity index (χ2n) is 4.73. The second-order valence-corrected chi connectivity index (χ2v) is 4.73. The zero-order chi connectivity index (χ0) is 13.6. The van der Waals surface area contributed by atoms with E-state index in [1.165, 1.54) is 6.33 Å². The molecule has 2 N–H and O–H groups in total. The van der Waals surface area contributed by atoms with E-state index in [1.54, 1.807) is 4.68 Å². The van der Waals surface area contributed by atoms with E-state index < -0.39 is 0 Å². The third-order valence-electron chi connectivity index (χ3n) is 3.52. The van der Waals surface area contributed by atoms with Crippen LogP contribution in [0.4, 0.5) is 5.82 Å². The normalized spacial score (nSPS) is 11.3. The van der Waals surface area contributed by atoms with E-state index >= 15 is 0 Å². The third-order valence-corrected chi connectivity index (χ3v) is 3.52. The minimum atomic E-state index is 0.533. The number of anilines is 1. The lowest BCUT2D eigenvalue weighted by Crippen LogP contribution is -2.04. The van der Waals surface area contributed by atoms with Crippen LogP contribution in [0.1, 0.15) is 17.0 Å². The summed E-state index contributed by atoms with van der Waals surface area (Å²) in [6, 6.07) is 2.01. The molecule has 3 rings (SSSR count). The van der Waals surface area contributed by atoms with Gasteiger partial charge in [0.1, 0.15) is 17.8 Å². The Balaban J connectivity index is 2.18. The molecule has 0 radical (unpaired) electrons. The number of rotatable bonds is 2. The first kappa shape index (κ1) is 11.7. The van der Waals surface area contributed by atoms with Crippen molar-refractivity contribution < 1.29 is 0 Å². The monoisotopic (exact) mass is 256 g/mol. The van der Waals surface area contributed by atoms with Crippen molar-refractivity contribution in [1.29, 1.82) is 0 Å². The Hall–Kier alpha value is -2.37. The van der Waals surface area contributed by atoms with E-state index in [9.17, 15) is 0 Å². The second kappa shape index (κ2) is 4.08. The van der Waals surface area contributed by atoms with Crippen molar-refractivity contribution in [3.8, 4) is 0 Å². The summed E-state index contributed by atoms with van der Waals surface area (Å²) in [6.07, 6.45) is 3.44. The molecule has 0 aliphatic rings. The third kappa shape index (κ3) is 1.76. The summed E-state index contributed by atoms with van der Waals surface area (Å²) in [5, 5.41) is 5.35. The van der Waals surface area contributed by atoms with Crippen molar-refractivity contribution in [3.05, 3.63) is 35.5 Å². The first-order valence-electron chi connectivity index (χ1n) is 6.12. The van der Waals surface area contributed by atoms with E-state index in [-0.39, 0.29) is 0 Å². The maximum atomic E-state index is 5.95. The maximum Gasteiger partial charge on any atom is 0.146 e. The van der Waals surface area contributed by atoms with Crippen LogP contribution in [0, 0.1) is 13.8 Å². The number of nitrogens with zero attached hydrogens (tertiary/aromatic N) is 5. The Kier molecular flexibility index (Phi) is 2.51. The van der Waals surface area contributed by atoms with Crippen molar-refractivity contribution in [1.82, 2.24) is 24.3 Å². The Morgan fingerprint density at radius 2 is 2.05 bits per heavy atom. The zero-order valence-corrected chi connectivity index (χ0v) is 11.3. The molecule has 19 heavy (non-hydrogen) atoms. The topological polar surface area (TPSA) is 74.5 Å². The number of nitrogen functional groups attached to an aromatic ring is 1. The molecular weight excluding hydrogens is 240 g/mol. The number of nitrogens with two attached hydrogens (primary N) is 1. The van der Waals surface area contributed by atoms with Crippen molar-refractivity contribution in [2.24, 2.45) is 7.05 Å². The zero-order valence-electron chi connectivity index (χ0n) is 11.3. The van der Waals surface area contributed by atoms with Crippen LogP contribution >= 0.6 is 0 Å². The van der Waals surface area contributed by atoms with Gasteiger partial charge in [-0.25, -0.2) is 9.97 Å². The Morgan fingerprint density at radius 3 is 2.74 bits per heavy atom. The molecule has 3 aromatic heterocycles. The van der Waals surface area contributed by atoms with Crippen molar-refractivity contribution in [3.63, 3.8) is 0 Å². The highest BCUT2D eigenvalue weighted by molar-refractivity contribution is 5.90. The molecule has 3 heterocycles. The van der Waals surface area contributed by atoms with Gasteiger partial charge in [-0.15, -0.1) is 0 Å². The summed E-state index contributed by atoms with van der Waals surface area (Å²) >= 11 is 0. The van der Waals surface area contributed by atoms with Crippen LogP contribution in [-0.2, 0) is 13.6 Å². The van der Waals surface area contributed by atoms with Gasteiger partial charge >= 0.3 is 0 Å². The average molecular weight is 256 g/mol. The van der Waals surface area contributed by atoms with Crippen molar-refractivity contribution in [2.75, 3.05) is 5.73 Å². The fraction of sp³-hybridized carbons (Fsp3) is 0.308. The van der Waals surface area contributed by atoms with Crippen LogP contribution in [0.5, 0.6) is 0 Å². The van der Waals surface area contributed by atoms with Gasteiger partial charge in [-0.1, -0.05) is 0 Å². The number of hydrogen-bond donors (Lipinski definition) is 1. The van der Waals surface area contributed by atoms with E-state index in [0.29, 0.717) is 12.4 Å². The van der Waals surface area contributed by atoms with Gasteiger partial charge in [0, 0.05) is 18.9 Å². The number of hydrogen-bond acceptors (Lipinski definition) is 4. The van der Waals surface area contributed by atoms with Gasteiger partial charge in [-0.05, 0) is 25.5 Å². The molecule has 0 aliphatic heterocycles. The highest BCUT2D eigenvalue weighted by Crippen LogP contribution is 2.27. The molecule has 0 aliphatic carbocycles. The predicted molar refractivity (Wildman–Crippen MR) is 73.7 cm³/mol. The predicted octanol–water partition coefficient (Wildman–Crippen LogP) is 1.41. The Morgan fingerprint density at radius 1 is 1.26 bits per heavy atom. The van der Waals surface area contributed by atoms with Crippen LogP contribution in [0.15, 0.2) is 18.6 Å². The standard InChI is InChI=1S/C13H16N6/c1-8-9(2)19(6-10-4-5-18(3)17-10)13-11(8)12(14)15-7-16-13/h4-5,7H,6H2,1-3H3,(H2,14,15,16). The van der Waals surface area contributed by atoms with Gasteiger partial charge in [0.15, 0.2) is 0 Å². The van der Waals surface area contributed by atoms with Gasteiger partial charge < -0.3 is 10.3 Å². The van der Waals surface area contributed by atoms with E-state index in [2.05, 4.69) is 26.6 Å². The summed E-state index contributed by atoms with van der Waals surface area (Å²) in [6.45, 7) is 4.80. The van der Waals surface area contributed by atoms with Gasteiger partial charge in [0.2, 0.25) is 0 Å². The first-order chi connectivity index (χ1) is 9.08. The van der Waals surface area contributed by atoms with E-state index in [4.69, 9.17) is 5.73 Å². The minimum Gasteiger partial charge on any atom is -0.383 e. The quantitative estimate of drug-likeness (QED) is 0.752. The molecule has 0 unspecified atom stereocenters. The molecule has 0 amide bonds. The number of aryl methyl sites for hydroxylation is 2. The lowest BCUT2D eigenvalue weighted by Gasteiger charge is -2.05. The molecule has 0 saturated heterocycles. The van der Waals surface area contributed by atoms with E-state index in [1.807, 2.05) is 26.2 Å². The van der Waals surface area contributed by atoms with Gasteiger partial charge in [0.05, 0.1) is 17.6 Å². The summed E-state index contributed by atoms with van der Waals surface area (Å²) in [4.78, 5) is 8.43. The van der Waals surface area contributed by atoms with E-state index in [0.717, 1.165) is 28.0 Å². The number of fused-ring (bicyclic) bond motifs is 1. The fourth-order valence-corrected chi connectivity index (χ4v) is 2.40. The Labute approximate surface area is 110 Å². The number of aromatic nitrogens is 5. The molecule has 98 valence electrons. The highest BCUT2D eigenvalue weighted by atomic mass is 15.3. The van der Waals surface area contributed by atoms with Crippen LogP contribution in [0.25, 0.3) is 11.0 Å². The maximum absolute atomic E-state index is 5.95. The summed E-state index contributed by atoms with van der Waals surface area (Å²) in [7, 11) is 1.91. The van der Waals surface area contributed by atoms with Crippen LogP contribution in [0.2, 0.25) is 0 Å². The van der Waals surface area contributed by atoms with Crippen LogP contribution < -0.4 is 5.73 Å². The molecule has 0 fully saturated rings. The molecule has 3 aromatic rings. The first-order valence-corrected chi connectivity index (χ1v) is 6.12. The molecular formula is C13H16N6. The van der Waals surface area contributed by atoms with Crippen LogP contribution in [0.3, 0.4) is 0 Å². The summed E-state index contributed by atoms with van der Waals surface area (Å²) in [5.41, 5.74) is 10.1. The lowest BCUT2D eigenvalue weighted by atomic mass is 10.2. The van der Waals surface area contributed by atoms with Gasteiger partial charge in [-0.2, -0.15) is 5.10 Å². The average Bonchev–Trinajstić information content (AvgIpc) is 2.88. The molecule has 6 heteroatoms. The molecule has 0 saturated carbocycles. The Bertz CT molecular complexity index is 752. The van der Waals surface area contributed by atoms with Crippen LogP contribution in [-0.4, -0.2) is 24.3 Å². The fourth-order valence-electron chi connectivity index (χ4n) is 2.40. The lowest BCUT2D eigenvalue weighted by molar-refractivity contribution is 0.705. The summed E-state index contributed by atoms with van der Waals surface area (Å²) < 4.78 is 3.93. The van der Waals surface area contributed by atoms with Crippen molar-refractivity contribution in [2.45, 2.75) is 20.4 Å². The smallest absolute Gasteiger partial charge is 0.146 e. The molecule has 0 spiro atoms. The molecule has 6 nitrogen and oxygen atoms in total. The van der Waals surface area contributed by atoms with Gasteiger partial charge in [0.25, 0.3) is 0 Å². The molecule has 0 bridgehead atoms. The molecule has 0 aromatic carbocycles. The molecule has 0 atom stereocenters. The van der Waals surface area contributed by atoms with Gasteiger partial charge in [-0.3, -0.25) is 4.68 Å². The minimum absolute atomic E-state index is 0.533. The summed E-state index contributed by atoms with van der Waals surface area (Å²) in [5.74, 6) is 0.533.